The number of nitrogens with one attached hydrogen (secondary N) is 2. The van der Waals surface area contributed by atoms with E-state index < -0.39 is 17.5 Å². The summed E-state index contributed by atoms with van der Waals surface area (Å²) in [6.45, 7) is 2.54. The van der Waals surface area contributed by atoms with Gasteiger partial charge in [-0.1, -0.05) is 12.1 Å². The van der Waals surface area contributed by atoms with Crippen molar-refractivity contribution in [1.29, 1.82) is 0 Å². The lowest BCUT2D eigenvalue weighted by atomic mass is 9.92. The molecule has 0 spiro atoms. The molecule has 4 rings (SSSR count). The smallest absolute Gasteiger partial charge is 0.325 e. The molecule has 9 heteroatoms. The molecule has 1 atom stereocenters. The number of piperidine rings is 1. The third kappa shape index (κ3) is 4.22. The molecule has 5 amide bonds. The number of amides is 5. The number of rotatable bonds is 6. The lowest BCUT2D eigenvalue weighted by molar-refractivity contribution is -0.136. The summed E-state index contributed by atoms with van der Waals surface area (Å²) >= 11 is 0. The van der Waals surface area contributed by atoms with E-state index >= 15 is 0 Å². The summed E-state index contributed by atoms with van der Waals surface area (Å²) in [6.07, 6.45) is 3.32. The van der Waals surface area contributed by atoms with Gasteiger partial charge in [-0.15, -0.1) is 0 Å². The maximum absolute atomic E-state index is 13.0. The Kier molecular flexibility index (Phi) is 5.60. The fourth-order valence-corrected chi connectivity index (χ4v) is 4.21. The van der Waals surface area contributed by atoms with Crippen molar-refractivity contribution in [2.45, 2.75) is 44.2 Å². The number of ether oxygens (including phenoxy) is 1. The summed E-state index contributed by atoms with van der Waals surface area (Å²) in [5.74, 6) is 0.218. The minimum atomic E-state index is -1.24. The number of urea groups is 1. The number of hydrogen-bond acceptors (Lipinski definition) is 5. The maximum Gasteiger partial charge on any atom is 0.325 e. The van der Waals surface area contributed by atoms with Crippen molar-refractivity contribution in [3.8, 4) is 5.75 Å². The van der Waals surface area contributed by atoms with Gasteiger partial charge in [0.2, 0.25) is 11.8 Å². The van der Waals surface area contributed by atoms with Gasteiger partial charge in [-0.25, -0.2) is 4.79 Å². The number of likely N-dealkylation sites (tertiary alicyclic amines) is 1. The number of imide groups is 1. The molecule has 1 aromatic carbocycles. The normalized spacial score (nSPS) is 24.2. The summed E-state index contributed by atoms with van der Waals surface area (Å²) < 4.78 is 5.14. The van der Waals surface area contributed by atoms with Gasteiger partial charge in [0.1, 0.15) is 17.8 Å². The third-order valence-corrected chi connectivity index (χ3v) is 6.34. The molecule has 0 aromatic heterocycles. The summed E-state index contributed by atoms with van der Waals surface area (Å²) in [7, 11) is 1.55. The predicted molar refractivity (Wildman–Crippen MR) is 111 cm³/mol. The summed E-state index contributed by atoms with van der Waals surface area (Å²) in [5, 5.41) is 5.61. The maximum atomic E-state index is 13.0. The van der Waals surface area contributed by atoms with E-state index in [9.17, 15) is 19.2 Å². The van der Waals surface area contributed by atoms with E-state index in [4.69, 9.17) is 4.74 Å². The highest BCUT2D eigenvalue weighted by Crippen LogP contribution is 2.32. The van der Waals surface area contributed by atoms with Crippen LogP contribution in [0.3, 0.4) is 0 Å². The van der Waals surface area contributed by atoms with E-state index in [-0.39, 0.29) is 30.3 Å². The van der Waals surface area contributed by atoms with Gasteiger partial charge in [-0.2, -0.15) is 0 Å². The number of hydrogen-bond donors (Lipinski definition) is 2. The minimum Gasteiger partial charge on any atom is -0.497 e. The zero-order valence-corrected chi connectivity index (χ0v) is 17.8. The standard InChI is InChI=1S/C22H28N4O5/c1-22(15-5-7-17(31-2)8-6-15)20(29)26(21(30)24-22)13-18(27)23-16-9-11-25(12-10-16)19(28)14-3-4-14/h5-8,14,16H,3-4,9-13H2,1-2H3,(H,23,27)(H,24,30). The first-order valence-corrected chi connectivity index (χ1v) is 10.7. The van der Waals surface area contributed by atoms with Gasteiger partial charge in [0.25, 0.3) is 5.91 Å². The van der Waals surface area contributed by atoms with Crippen molar-refractivity contribution in [3.05, 3.63) is 29.8 Å². The fraction of sp³-hybridized carbons (Fsp3) is 0.545. The summed E-state index contributed by atoms with van der Waals surface area (Å²) in [4.78, 5) is 53.0. The zero-order valence-electron chi connectivity index (χ0n) is 17.8. The Morgan fingerprint density at radius 3 is 2.35 bits per heavy atom. The molecule has 2 N–H and O–H groups in total. The van der Waals surface area contributed by atoms with E-state index in [2.05, 4.69) is 10.6 Å². The van der Waals surface area contributed by atoms with Crippen LogP contribution >= 0.6 is 0 Å². The minimum absolute atomic E-state index is 0.0653. The average Bonchev–Trinajstić information content (AvgIpc) is 3.59. The van der Waals surface area contributed by atoms with E-state index in [0.29, 0.717) is 37.2 Å². The molecule has 3 aliphatic rings. The van der Waals surface area contributed by atoms with Crippen molar-refractivity contribution in [2.75, 3.05) is 26.7 Å². The second kappa shape index (κ2) is 8.20. The zero-order chi connectivity index (χ0) is 22.2. The Labute approximate surface area is 181 Å². The Bertz CT molecular complexity index is 890. The van der Waals surface area contributed by atoms with Crippen LogP contribution in [0.4, 0.5) is 4.79 Å². The Hall–Kier alpha value is -3.10. The van der Waals surface area contributed by atoms with Crippen LogP contribution in [0.2, 0.25) is 0 Å². The first kappa shape index (κ1) is 21.1. The van der Waals surface area contributed by atoms with Gasteiger partial charge >= 0.3 is 6.03 Å². The predicted octanol–water partition coefficient (Wildman–Crippen LogP) is 0.979. The number of carbonyl (C=O) groups is 4. The Morgan fingerprint density at radius 1 is 1.13 bits per heavy atom. The fourth-order valence-electron chi connectivity index (χ4n) is 4.21. The van der Waals surface area contributed by atoms with Crippen LogP contribution in [0, 0.1) is 5.92 Å². The second-order valence-corrected chi connectivity index (χ2v) is 8.62. The molecular weight excluding hydrogens is 400 g/mol. The van der Waals surface area contributed by atoms with Gasteiger partial charge < -0.3 is 20.3 Å². The third-order valence-electron chi connectivity index (χ3n) is 6.34. The average molecular weight is 428 g/mol. The number of carbonyl (C=O) groups excluding carboxylic acids is 4. The molecule has 31 heavy (non-hydrogen) atoms. The molecule has 0 radical (unpaired) electrons. The van der Waals surface area contributed by atoms with Crippen molar-refractivity contribution in [3.63, 3.8) is 0 Å². The Balaban J connectivity index is 1.32. The first-order valence-electron chi connectivity index (χ1n) is 10.7. The Morgan fingerprint density at radius 2 is 1.77 bits per heavy atom. The molecule has 1 saturated carbocycles. The van der Waals surface area contributed by atoms with Crippen molar-refractivity contribution in [1.82, 2.24) is 20.4 Å². The van der Waals surface area contributed by atoms with Crippen LogP contribution in [-0.4, -0.2) is 66.3 Å². The molecule has 0 bridgehead atoms. The highest BCUT2D eigenvalue weighted by atomic mass is 16.5. The first-order chi connectivity index (χ1) is 14.8. The van der Waals surface area contributed by atoms with E-state index in [1.165, 1.54) is 0 Å². The van der Waals surface area contributed by atoms with Crippen LogP contribution in [0.25, 0.3) is 0 Å². The van der Waals surface area contributed by atoms with Crippen molar-refractivity contribution >= 4 is 23.8 Å². The molecule has 1 unspecified atom stereocenters. The van der Waals surface area contributed by atoms with Crippen LogP contribution in [0.5, 0.6) is 5.75 Å². The SMILES string of the molecule is COc1ccc(C2(C)NC(=O)N(CC(=O)NC3CCN(C(=O)C4CC4)CC3)C2=O)cc1. The van der Waals surface area contributed by atoms with Gasteiger partial charge in [-0.05, 0) is 50.3 Å². The molecule has 2 aliphatic heterocycles. The van der Waals surface area contributed by atoms with Gasteiger partial charge in [0, 0.05) is 25.0 Å². The van der Waals surface area contributed by atoms with Crippen molar-refractivity contribution in [2.24, 2.45) is 5.92 Å². The number of nitrogens with zero attached hydrogens (tertiary/aromatic N) is 2. The molecule has 166 valence electrons. The van der Waals surface area contributed by atoms with Crippen LogP contribution < -0.4 is 15.4 Å². The molecule has 2 heterocycles. The van der Waals surface area contributed by atoms with Crippen molar-refractivity contribution < 1.29 is 23.9 Å². The summed E-state index contributed by atoms with van der Waals surface area (Å²) in [6, 6.07) is 6.22. The summed E-state index contributed by atoms with van der Waals surface area (Å²) in [5.41, 5.74) is -0.625. The van der Waals surface area contributed by atoms with E-state index in [1.807, 2.05) is 4.90 Å². The highest BCUT2D eigenvalue weighted by Gasteiger charge is 2.49. The van der Waals surface area contributed by atoms with Crippen LogP contribution in [0.1, 0.15) is 38.2 Å². The van der Waals surface area contributed by atoms with Gasteiger partial charge in [0.15, 0.2) is 0 Å². The van der Waals surface area contributed by atoms with Crippen LogP contribution in [0.15, 0.2) is 24.3 Å². The van der Waals surface area contributed by atoms with Gasteiger partial charge in [0.05, 0.1) is 7.11 Å². The largest absolute Gasteiger partial charge is 0.497 e. The van der Waals surface area contributed by atoms with Gasteiger partial charge in [-0.3, -0.25) is 19.3 Å². The molecule has 2 saturated heterocycles. The molecule has 3 fully saturated rings. The second-order valence-electron chi connectivity index (χ2n) is 8.62. The number of benzene rings is 1. The van der Waals surface area contributed by atoms with Crippen LogP contribution in [-0.2, 0) is 19.9 Å². The van der Waals surface area contributed by atoms with E-state index in [0.717, 1.165) is 17.7 Å². The monoisotopic (exact) mass is 428 g/mol. The number of methoxy groups -OCH3 is 1. The molecule has 1 aromatic rings. The topological polar surface area (TPSA) is 108 Å². The molecular formula is C22H28N4O5. The van der Waals surface area contributed by atoms with E-state index in [1.54, 1.807) is 38.3 Å². The highest BCUT2D eigenvalue weighted by molar-refractivity contribution is 6.09. The molecule has 9 nitrogen and oxygen atoms in total. The lowest BCUT2D eigenvalue weighted by Gasteiger charge is -2.32. The molecule has 1 aliphatic carbocycles. The lowest BCUT2D eigenvalue weighted by Crippen LogP contribution is -2.50. The quantitative estimate of drug-likeness (QED) is 0.657.